The van der Waals surface area contributed by atoms with Gasteiger partial charge in [-0.05, 0) is 25.8 Å². The van der Waals surface area contributed by atoms with E-state index in [-0.39, 0.29) is 11.9 Å². The number of rotatable bonds is 12. The van der Waals surface area contributed by atoms with Crippen molar-refractivity contribution in [1.82, 2.24) is 10.6 Å². The van der Waals surface area contributed by atoms with Crippen molar-refractivity contribution in [1.29, 1.82) is 0 Å². The molecule has 0 rings (SSSR count). The van der Waals surface area contributed by atoms with Crippen molar-refractivity contribution in [3.8, 4) is 0 Å². The van der Waals surface area contributed by atoms with Gasteiger partial charge in [-0.1, -0.05) is 39.5 Å². The summed E-state index contributed by atoms with van der Waals surface area (Å²) in [7, 11) is 1.64. The van der Waals surface area contributed by atoms with Gasteiger partial charge in [-0.3, -0.25) is 4.79 Å². The van der Waals surface area contributed by atoms with E-state index in [1.54, 1.807) is 7.11 Å². The molecule has 0 aliphatic heterocycles. The predicted molar refractivity (Wildman–Crippen MR) is 80.3 cm³/mol. The largest absolute Gasteiger partial charge is 0.383 e. The van der Waals surface area contributed by atoms with Gasteiger partial charge in [0.25, 0.3) is 0 Å². The molecule has 1 atom stereocenters. The molecule has 0 heterocycles. The minimum Gasteiger partial charge on any atom is -0.383 e. The van der Waals surface area contributed by atoms with E-state index in [1.807, 2.05) is 6.92 Å². The average molecular weight is 272 g/mol. The fourth-order valence-electron chi connectivity index (χ4n) is 1.98. The van der Waals surface area contributed by atoms with Crippen LogP contribution in [0.25, 0.3) is 0 Å². The monoisotopic (exact) mass is 272 g/mol. The second-order valence-electron chi connectivity index (χ2n) is 5.70. The van der Waals surface area contributed by atoms with Gasteiger partial charge in [0.05, 0.1) is 13.2 Å². The number of carbonyl (C=O) groups excluding carboxylic acids is 1. The van der Waals surface area contributed by atoms with E-state index in [0.29, 0.717) is 13.2 Å². The van der Waals surface area contributed by atoms with Crippen LogP contribution in [-0.2, 0) is 9.53 Å². The smallest absolute Gasteiger partial charge is 0.234 e. The Morgan fingerprint density at radius 2 is 1.79 bits per heavy atom. The Balaban J connectivity index is 3.27. The van der Waals surface area contributed by atoms with Gasteiger partial charge in [0.1, 0.15) is 0 Å². The predicted octanol–water partition coefficient (Wildman–Crippen LogP) is 2.33. The van der Waals surface area contributed by atoms with Gasteiger partial charge in [-0.2, -0.15) is 0 Å². The molecular weight excluding hydrogens is 240 g/mol. The highest BCUT2D eigenvalue weighted by Gasteiger charge is 2.05. The molecule has 0 fully saturated rings. The summed E-state index contributed by atoms with van der Waals surface area (Å²) in [5.41, 5.74) is 0. The molecule has 0 saturated carbocycles. The number of ether oxygens (including phenoxy) is 1. The summed E-state index contributed by atoms with van der Waals surface area (Å²) in [6.45, 7) is 8.36. The van der Waals surface area contributed by atoms with Crippen LogP contribution in [0.4, 0.5) is 0 Å². The second-order valence-corrected chi connectivity index (χ2v) is 5.70. The van der Waals surface area contributed by atoms with Crippen molar-refractivity contribution in [3.05, 3.63) is 0 Å². The topological polar surface area (TPSA) is 50.4 Å². The van der Waals surface area contributed by atoms with E-state index in [1.165, 1.54) is 25.7 Å². The van der Waals surface area contributed by atoms with Crippen molar-refractivity contribution in [2.75, 3.05) is 26.8 Å². The van der Waals surface area contributed by atoms with Crippen molar-refractivity contribution < 1.29 is 9.53 Å². The Kier molecular flexibility index (Phi) is 12.0. The van der Waals surface area contributed by atoms with Gasteiger partial charge in [-0.15, -0.1) is 0 Å². The van der Waals surface area contributed by atoms with Gasteiger partial charge in [0.2, 0.25) is 5.91 Å². The second kappa shape index (κ2) is 12.4. The SMILES string of the molecule is COCC(C)NC(=O)CNCCCCCCC(C)C. The summed E-state index contributed by atoms with van der Waals surface area (Å²) in [4.78, 5) is 11.5. The molecule has 0 aromatic carbocycles. The molecular formula is C15H32N2O2. The van der Waals surface area contributed by atoms with Crippen molar-refractivity contribution in [2.24, 2.45) is 5.92 Å². The maximum atomic E-state index is 11.5. The van der Waals surface area contributed by atoms with Gasteiger partial charge < -0.3 is 15.4 Å². The molecule has 0 radical (unpaired) electrons. The maximum absolute atomic E-state index is 11.5. The van der Waals surface area contributed by atoms with Gasteiger partial charge in [0.15, 0.2) is 0 Å². The van der Waals surface area contributed by atoms with Crippen LogP contribution in [-0.4, -0.2) is 38.8 Å². The number of unbranched alkanes of at least 4 members (excludes halogenated alkanes) is 3. The average Bonchev–Trinajstić information content (AvgIpc) is 2.32. The number of amides is 1. The molecule has 4 heteroatoms. The third kappa shape index (κ3) is 13.6. The summed E-state index contributed by atoms with van der Waals surface area (Å²) in [6, 6.07) is 0.0790. The van der Waals surface area contributed by atoms with Crippen molar-refractivity contribution in [2.45, 2.75) is 58.9 Å². The highest BCUT2D eigenvalue weighted by atomic mass is 16.5. The number of carbonyl (C=O) groups is 1. The molecule has 0 saturated heterocycles. The van der Waals surface area contributed by atoms with Crippen LogP contribution in [0, 0.1) is 5.92 Å². The first-order valence-corrected chi connectivity index (χ1v) is 7.55. The summed E-state index contributed by atoms with van der Waals surface area (Å²) >= 11 is 0. The lowest BCUT2D eigenvalue weighted by Crippen LogP contribution is -2.41. The fraction of sp³-hybridized carbons (Fsp3) is 0.933. The normalized spacial score (nSPS) is 12.7. The highest BCUT2D eigenvalue weighted by molar-refractivity contribution is 5.78. The lowest BCUT2D eigenvalue weighted by molar-refractivity contribution is -0.121. The molecule has 0 aromatic rings. The van der Waals surface area contributed by atoms with Gasteiger partial charge in [0, 0.05) is 13.2 Å². The Bertz CT molecular complexity index is 220. The number of hydrogen-bond donors (Lipinski definition) is 2. The summed E-state index contributed by atoms with van der Waals surface area (Å²) < 4.78 is 4.97. The fourth-order valence-corrected chi connectivity index (χ4v) is 1.98. The molecule has 1 unspecified atom stereocenters. The van der Waals surface area contributed by atoms with Crippen LogP contribution in [0.15, 0.2) is 0 Å². The van der Waals surface area contributed by atoms with Crippen LogP contribution >= 0.6 is 0 Å². The van der Waals surface area contributed by atoms with Crippen LogP contribution in [0.1, 0.15) is 52.9 Å². The van der Waals surface area contributed by atoms with Crippen molar-refractivity contribution in [3.63, 3.8) is 0 Å². The van der Waals surface area contributed by atoms with Crippen LogP contribution < -0.4 is 10.6 Å². The molecule has 0 spiro atoms. The van der Waals surface area contributed by atoms with E-state index in [9.17, 15) is 4.79 Å². The molecule has 2 N–H and O–H groups in total. The molecule has 0 aliphatic rings. The number of methoxy groups -OCH3 is 1. The van der Waals surface area contributed by atoms with E-state index < -0.39 is 0 Å². The molecule has 114 valence electrons. The highest BCUT2D eigenvalue weighted by Crippen LogP contribution is 2.08. The molecule has 1 amide bonds. The Labute approximate surface area is 118 Å². The zero-order valence-corrected chi connectivity index (χ0v) is 13.1. The standard InChI is InChI=1S/C15H32N2O2/c1-13(2)9-7-5-6-8-10-16-11-15(18)17-14(3)12-19-4/h13-14,16H,5-12H2,1-4H3,(H,17,18). The zero-order chi connectivity index (χ0) is 14.5. The third-order valence-corrected chi connectivity index (χ3v) is 2.99. The van der Waals surface area contributed by atoms with Crippen LogP contribution in [0.5, 0.6) is 0 Å². The minimum absolute atomic E-state index is 0.0457. The lowest BCUT2D eigenvalue weighted by atomic mass is 10.0. The van der Waals surface area contributed by atoms with E-state index in [0.717, 1.165) is 18.9 Å². The first kappa shape index (κ1) is 18.4. The summed E-state index contributed by atoms with van der Waals surface area (Å²) in [5, 5.41) is 6.06. The third-order valence-electron chi connectivity index (χ3n) is 2.99. The summed E-state index contributed by atoms with van der Waals surface area (Å²) in [6.07, 6.45) is 6.36. The maximum Gasteiger partial charge on any atom is 0.234 e. The first-order chi connectivity index (χ1) is 9.06. The molecule has 0 aromatic heterocycles. The molecule has 0 bridgehead atoms. The van der Waals surface area contributed by atoms with Crippen LogP contribution in [0.2, 0.25) is 0 Å². The lowest BCUT2D eigenvalue weighted by Gasteiger charge is -2.13. The molecule has 19 heavy (non-hydrogen) atoms. The van der Waals surface area contributed by atoms with Gasteiger partial charge in [-0.25, -0.2) is 0 Å². The first-order valence-electron chi connectivity index (χ1n) is 7.55. The Morgan fingerprint density at radius 3 is 2.42 bits per heavy atom. The zero-order valence-electron chi connectivity index (χ0n) is 13.1. The van der Waals surface area contributed by atoms with E-state index in [2.05, 4.69) is 24.5 Å². The molecule has 0 aliphatic carbocycles. The Hall–Kier alpha value is -0.610. The quantitative estimate of drug-likeness (QED) is 0.536. The number of hydrogen-bond acceptors (Lipinski definition) is 3. The van der Waals surface area contributed by atoms with Crippen molar-refractivity contribution >= 4 is 5.91 Å². The van der Waals surface area contributed by atoms with E-state index >= 15 is 0 Å². The Morgan fingerprint density at radius 1 is 1.11 bits per heavy atom. The van der Waals surface area contributed by atoms with Gasteiger partial charge >= 0.3 is 0 Å². The summed E-state index contributed by atoms with van der Waals surface area (Å²) in [5.74, 6) is 0.861. The van der Waals surface area contributed by atoms with E-state index in [4.69, 9.17) is 4.74 Å². The minimum atomic E-state index is 0.0457. The molecule has 4 nitrogen and oxygen atoms in total. The van der Waals surface area contributed by atoms with Crippen LogP contribution in [0.3, 0.4) is 0 Å². The number of nitrogens with one attached hydrogen (secondary N) is 2.